The summed E-state index contributed by atoms with van der Waals surface area (Å²) in [6.07, 6.45) is 1.64. The highest BCUT2D eigenvalue weighted by molar-refractivity contribution is 7.98. The number of hydrogen-bond donors (Lipinski definition) is 1. The zero-order valence-electron chi connectivity index (χ0n) is 19.1. The van der Waals surface area contributed by atoms with Crippen LogP contribution in [0.5, 0.6) is 0 Å². The van der Waals surface area contributed by atoms with Gasteiger partial charge in [0.2, 0.25) is 5.91 Å². The number of carbonyl (C=O) groups is 1. The van der Waals surface area contributed by atoms with E-state index < -0.39 is 0 Å². The van der Waals surface area contributed by atoms with Crippen molar-refractivity contribution in [3.63, 3.8) is 0 Å². The summed E-state index contributed by atoms with van der Waals surface area (Å²) in [5.41, 5.74) is 4.60. The van der Waals surface area contributed by atoms with Crippen molar-refractivity contribution in [1.29, 1.82) is 0 Å². The second-order valence-electron chi connectivity index (χ2n) is 8.01. The molecule has 34 heavy (non-hydrogen) atoms. The summed E-state index contributed by atoms with van der Waals surface area (Å²) in [6, 6.07) is 26.1. The maximum Gasteiger partial charge on any atom is 0.220 e. The lowest BCUT2D eigenvalue weighted by Crippen LogP contribution is -2.26. The first-order chi connectivity index (χ1) is 16.6. The number of aromatic nitrogens is 3. The minimum Gasteiger partial charge on any atom is -0.356 e. The highest BCUT2D eigenvalue weighted by Gasteiger charge is 2.16. The maximum absolute atomic E-state index is 12.5. The van der Waals surface area contributed by atoms with Crippen molar-refractivity contribution in [2.24, 2.45) is 0 Å². The molecule has 7 heteroatoms. The highest BCUT2D eigenvalue weighted by Crippen LogP contribution is 2.27. The van der Waals surface area contributed by atoms with Crippen LogP contribution in [0.15, 0.2) is 84.0 Å². The number of nitrogens with zero attached hydrogens (tertiary/aromatic N) is 3. The predicted octanol–water partition coefficient (Wildman–Crippen LogP) is 5.81. The molecule has 0 spiro atoms. The van der Waals surface area contributed by atoms with Gasteiger partial charge in [-0.2, -0.15) is 0 Å². The molecular formula is C27H27ClN4OS. The molecular weight excluding hydrogens is 464 g/mol. The average molecular weight is 491 g/mol. The zero-order chi connectivity index (χ0) is 23.8. The topological polar surface area (TPSA) is 59.8 Å². The fraction of sp³-hybridized carbons (Fsp3) is 0.222. The highest BCUT2D eigenvalue weighted by atomic mass is 35.5. The minimum atomic E-state index is 0.00527. The predicted molar refractivity (Wildman–Crippen MR) is 139 cm³/mol. The molecule has 4 aromatic rings. The molecule has 4 rings (SSSR count). The van der Waals surface area contributed by atoms with E-state index in [0.717, 1.165) is 28.8 Å². The molecule has 0 bridgehead atoms. The molecule has 0 aliphatic carbocycles. The lowest BCUT2D eigenvalue weighted by atomic mass is 10.1. The summed E-state index contributed by atoms with van der Waals surface area (Å²) in [7, 11) is 0. The molecule has 1 heterocycles. The van der Waals surface area contributed by atoms with E-state index in [1.54, 1.807) is 11.8 Å². The molecule has 5 nitrogen and oxygen atoms in total. The minimum absolute atomic E-state index is 0.00527. The first-order valence-corrected chi connectivity index (χ1v) is 12.6. The van der Waals surface area contributed by atoms with Crippen LogP contribution in [0.1, 0.15) is 28.9 Å². The van der Waals surface area contributed by atoms with E-state index in [1.165, 1.54) is 16.7 Å². The molecule has 3 aromatic carbocycles. The molecule has 0 aliphatic heterocycles. The van der Waals surface area contributed by atoms with Gasteiger partial charge in [-0.1, -0.05) is 84.0 Å². The number of thioether (sulfide) groups is 1. The lowest BCUT2D eigenvalue weighted by molar-refractivity contribution is -0.121. The summed E-state index contributed by atoms with van der Waals surface area (Å²) >= 11 is 7.90. The molecule has 0 aliphatic rings. The molecule has 0 atom stereocenters. The van der Waals surface area contributed by atoms with E-state index in [2.05, 4.69) is 46.7 Å². The van der Waals surface area contributed by atoms with Gasteiger partial charge in [0.25, 0.3) is 0 Å². The smallest absolute Gasteiger partial charge is 0.220 e. The molecule has 1 amide bonds. The van der Waals surface area contributed by atoms with Crippen LogP contribution in [0, 0.1) is 6.92 Å². The molecule has 174 valence electrons. The van der Waals surface area contributed by atoms with Gasteiger partial charge >= 0.3 is 0 Å². The van der Waals surface area contributed by atoms with Crippen molar-refractivity contribution in [2.45, 2.75) is 37.1 Å². The number of hydrogen-bond acceptors (Lipinski definition) is 4. The Morgan fingerprint density at radius 1 is 0.971 bits per heavy atom. The number of benzene rings is 3. The molecule has 0 radical (unpaired) electrons. The standard InChI is InChI=1S/C27H27ClN4OS/c1-20-8-5-6-11-22(20)19-34-27-31-30-25(32(27)24-13-7-12-23(28)18-24)14-15-26(33)29-17-16-21-9-3-2-4-10-21/h2-13,18H,14-17,19H2,1H3,(H,29,33). The Labute approximate surface area is 209 Å². The Hall–Kier alpha value is -3.09. The average Bonchev–Trinajstić information content (AvgIpc) is 3.26. The second kappa shape index (κ2) is 11.9. The van der Waals surface area contributed by atoms with Crippen molar-refractivity contribution < 1.29 is 4.79 Å². The van der Waals surface area contributed by atoms with Crippen LogP contribution in [-0.2, 0) is 23.4 Å². The molecule has 0 saturated carbocycles. The van der Waals surface area contributed by atoms with Crippen LogP contribution in [0.25, 0.3) is 5.69 Å². The van der Waals surface area contributed by atoms with Crippen LogP contribution in [0.4, 0.5) is 0 Å². The summed E-state index contributed by atoms with van der Waals surface area (Å²) in [5, 5.41) is 13.3. The molecule has 1 aromatic heterocycles. The third-order valence-electron chi connectivity index (χ3n) is 5.54. The largest absolute Gasteiger partial charge is 0.356 e. The van der Waals surface area contributed by atoms with Gasteiger partial charge in [-0.15, -0.1) is 10.2 Å². The summed E-state index contributed by atoms with van der Waals surface area (Å²) < 4.78 is 2.01. The van der Waals surface area contributed by atoms with E-state index in [4.69, 9.17) is 11.6 Å². The lowest BCUT2D eigenvalue weighted by Gasteiger charge is -2.11. The molecule has 0 unspecified atom stereocenters. The third-order valence-corrected chi connectivity index (χ3v) is 6.75. The van der Waals surface area contributed by atoms with E-state index in [1.807, 2.05) is 59.2 Å². The van der Waals surface area contributed by atoms with Crippen molar-refractivity contribution in [3.05, 3.63) is 106 Å². The van der Waals surface area contributed by atoms with Gasteiger partial charge in [-0.3, -0.25) is 9.36 Å². The van der Waals surface area contributed by atoms with Gasteiger partial charge < -0.3 is 5.32 Å². The Morgan fingerprint density at radius 3 is 2.56 bits per heavy atom. The monoisotopic (exact) mass is 490 g/mol. The van der Waals surface area contributed by atoms with Gasteiger partial charge in [0.1, 0.15) is 5.82 Å². The van der Waals surface area contributed by atoms with E-state index in [-0.39, 0.29) is 5.91 Å². The summed E-state index contributed by atoms with van der Waals surface area (Å²) in [5.74, 6) is 1.53. The van der Waals surface area contributed by atoms with Crippen LogP contribution >= 0.6 is 23.4 Å². The Bertz CT molecular complexity index is 1240. The van der Waals surface area contributed by atoms with Gasteiger partial charge in [0, 0.05) is 30.2 Å². The number of amides is 1. The fourth-order valence-electron chi connectivity index (χ4n) is 3.65. The van der Waals surface area contributed by atoms with Crippen molar-refractivity contribution in [3.8, 4) is 5.69 Å². The molecule has 1 N–H and O–H groups in total. The number of nitrogens with one attached hydrogen (secondary N) is 1. The first kappa shape index (κ1) is 24.0. The summed E-state index contributed by atoms with van der Waals surface area (Å²) in [4.78, 5) is 12.5. The van der Waals surface area contributed by atoms with E-state index in [0.29, 0.717) is 24.4 Å². The van der Waals surface area contributed by atoms with Crippen LogP contribution in [0.3, 0.4) is 0 Å². The molecule has 0 fully saturated rings. The van der Waals surface area contributed by atoms with Crippen LogP contribution < -0.4 is 5.32 Å². The van der Waals surface area contributed by atoms with Crippen LogP contribution in [-0.4, -0.2) is 27.2 Å². The van der Waals surface area contributed by atoms with Crippen LogP contribution in [0.2, 0.25) is 5.02 Å². The first-order valence-electron chi connectivity index (χ1n) is 11.3. The Kier molecular flexibility index (Phi) is 8.39. The number of halogens is 1. The summed E-state index contributed by atoms with van der Waals surface area (Å²) in [6.45, 7) is 2.72. The molecule has 0 saturated heterocycles. The van der Waals surface area contributed by atoms with Crippen molar-refractivity contribution >= 4 is 29.3 Å². The maximum atomic E-state index is 12.5. The van der Waals surface area contributed by atoms with Gasteiger partial charge in [0.05, 0.1) is 5.69 Å². The fourth-order valence-corrected chi connectivity index (χ4v) is 4.88. The number of aryl methyl sites for hydroxylation is 2. The van der Waals surface area contributed by atoms with E-state index >= 15 is 0 Å². The Balaban J connectivity index is 1.43. The number of rotatable bonds is 10. The Morgan fingerprint density at radius 2 is 1.76 bits per heavy atom. The number of carbonyl (C=O) groups excluding carboxylic acids is 1. The normalized spacial score (nSPS) is 10.9. The zero-order valence-corrected chi connectivity index (χ0v) is 20.6. The van der Waals surface area contributed by atoms with E-state index in [9.17, 15) is 4.79 Å². The third kappa shape index (κ3) is 6.49. The SMILES string of the molecule is Cc1ccccc1CSc1nnc(CCC(=O)NCCc2ccccc2)n1-c1cccc(Cl)c1. The van der Waals surface area contributed by atoms with Crippen molar-refractivity contribution in [2.75, 3.05) is 6.54 Å². The second-order valence-corrected chi connectivity index (χ2v) is 9.39. The van der Waals surface area contributed by atoms with Gasteiger partial charge in [-0.05, 0) is 48.2 Å². The van der Waals surface area contributed by atoms with Crippen molar-refractivity contribution in [1.82, 2.24) is 20.1 Å². The quantitative estimate of drug-likeness (QED) is 0.285. The van der Waals surface area contributed by atoms with Gasteiger partial charge in [-0.25, -0.2) is 0 Å². The van der Waals surface area contributed by atoms with Gasteiger partial charge in [0.15, 0.2) is 5.16 Å².